The minimum atomic E-state index is -4.54. The molecule has 3 N–H and O–H groups in total. The molecule has 9 nitrogen and oxygen atoms in total. The first-order valence-corrected chi connectivity index (χ1v) is 17.5. The van der Waals surface area contributed by atoms with Crippen molar-refractivity contribution >= 4 is 40.8 Å². The second-order valence-electron chi connectivity index (χ2n) is 14.8. The van der Waals surface area contributed by atoms with Gasteiger partial charge in [0.25, 0.3) is 0 Å². The van der Waals surface area contributed by atoms with Gasteiger partial charge in [-0.05, 0) is 118 Å². The summed E-state index contributed by atoms with van der Waals surface area (Å²) in [5.74, 6) is -2.25. The van der Waals surface area contributed by atoms with Crippen molar-refractivity contribution in [3.8, 4) is 11.1 Å². The molecule has 0 saturated heterocycles. The third kappa shape index (κ3) is 10.1. The number of aryl methyl sites for hydroxylation is 1. The smallest absolute Gasteiger partial charge is 0.429 e. The number of alkyl halides is 3. The maximum atomic E-state index is 13.8. The molecular formula is C40H44F3N3O6. The number of anilines is 1. The SMILES string of the molecule is Cc1cc(C(=O)O)ccc1-c1ccc(C[C@H](CC(=O)C2CCC(CNC(=O)OC(C)(C)C)CC2)C(=O)Nc2ccc3c(c2)N=C(C(F)(F)F)C3)cc1. The zero-order valence-electron chi connectivity index (χ0n) is 29.7. The largest absolute Gasteiger partial charge is 0.478 e. The van der Waals surface area contributed by atoms with Gasteiger partial charge in [0.15, 0.2) is 0 Å². The zero-order valence-corrected chi connectivity index (χ0v) is 29.7. The Hall–Kier alpha value is -5.00. The van der Waals surface area contributed by atoms with E-state index < -0.39 is 41.4 Å². The van der Waals surface area contributed by atoms with Gasteiger partial charge in [0.2, 0.25) is 5.91 Å². The number of carbonyl (C=O) groups is 4. The maximum absolute atomic E-state index is 13.8. The molecule has 1 fully saturated rings. The number of benzene rings is 3. The van der Waals surface area contributed by atoms with Crippen molar-refractivity contribution in [2.24, 2.45) is 22.7 Å². The molecule has 5 rings (SSSR count). The standard InChI is InChI=1S/C40H44F3N3O6/c1-23-17-29(37(49)50)14-16-32(23)26-9-5-24(6-10-26)18-30(36(48)45-31-15-13-28-20-35(40(41,42)43)46-33(28)21-31)19-34(47)27-11-7-25(8-12-27)22-44-38(51)52-39(2,3)4/h5-6,9-10,13-17,21,25,27,30H,7-8,11-12,18-20,22H2,1-4H3,(H,44,51)(H,45,48)(H,49,50)/t25?,27?,30-/m1/s1. The third-order valence-electron chi connectivity index (χ3n) is 9.57. The number of hydrogen-bond donors (Lipinski definition) is 3. The summed E-state index contributed by atoms with van der Waals surface area (Å²) in [5.41, 5.74) is 2.91. The van der Waals surface area contributed by atoms with Gasteiger partial charge in [-0.3, -0.25) is 9.59 Å². The predicted molar refractivity (Wildman–Crippen MR) is 192 cm³/mol. The predicted octanol–water partition coefficient (Wildman–Crippen LogP) is 8.64. The second kappa shape index (κ2) is 15.7. The van der Waals surface area contributed by atoms with Crippen LogP contribution in [-0.2, 0) is 27.2 Å². The normalized spacial score (nSPS) is 17.8. The summed E-state index contributed by atoms with van der Waals surface area (Å²) in [5, 5.41) is 15.0. The number of carboxylic acid groups (broad SMARTS) is 1. The van der Waals surface area contributed by atoms with E-state index >= 15 is 0 Å². The van der Waals surface area contributed by atoms with Crippen LogP contribution in [0.25, 0.3) is 11.1 Å². The van der Waals surface area contributed by atoms with E-state index in [0.717, 1.165) is 35.1 Å². The van der Waals surface area contributed by atoms with Crippen molar-refractivity contribution < 1.29 is 42.2 Å². The minimum absolute atomic E-state index is 0.0177. The van der Waals surface area contributed by atoms with Crippen LogP contribution in [0.2, 0.25) is 0 Å². The summed E-state index contributed by atoms with van der Waals surface area (Å²) < 4.78 is 45.2. The number of nitrogens with zero attached hydrogens (tertiary/aromatic N) is 1. The molecule has 0 radical (unpaired) electrons. The number of rotatable bonds is 11. The third-order valence-corrected chi connectivity index (χ3v) is 9.57. The highest BCUT2D eigenvalue weighted by Gasteiger charge is 2.38. The Morgan fingerprint density at radius 2 is 1.63 bits per heavy atom. The van der Waals surface area contributed by atoms with E-state index in [1.807, 2.05) is 31.2 Å². The van der Waals surface area contributed by atoms with Gasteiger partial charge in [-0.1, -0.05) is 36.4 Å². The number of hydrogen-bond acceptors (Lipinski definition) is 6. The number of Topliss-reactive ketones (excluding diaryl/α,β-unsaturated/α-hetero) is 1. The Morgan fingerprint density at radius 1 is 0.942 bits per heavy atom. The summed E-state index contributed by atoms with van der Waals surface area (Å²) in [6.07, 6.45) is -2.38. The zero-order chi connectivity index (χ0) is 37.8. The molecule has 1 atom stereocenters. The molecule has 12 heteroatoms. The summed E-state index contributed by atoms with van der Waals surface area (Å²) in [7, 11) is 0. The number of ketones is 1. The number of aliphatic imine (C=N–C) groups is 1. The Labute approximate surface area is 301 Å². The van der Waals surface area contributed by atoms with Crippen molar-refractivity contribution in [2.45, 2.75) is 84.4 Å². The van der Waals surface area contributed by atoms with Gasteiger partial charge in [0.05, 0.1) is 11.3 Å². The van der Waals surface area contributed by atoms with E-state index in [1.165, 1.54) is 12.1 Å². The fourth-order valence-electron chi connectivity index (χ4n) is 6.79. The van der Waals surface area contributed by atoms with Crippen LogP contribution in [0.1, 0.15) is 79.9 Å². The van der Waals surface area contributed by atoms with Gasteiger partial charge in [-0.2, -0.15) is 13.2 Å². The maximum Gasteiger partial charge on any atom is 0.429 e. The first-order chi connectivity index (χ1) is 24.4. The lowest BCUT2D eigenvalue weighted by atomic mass is 9.77. The van der Waals surface area contributed by atoms with Crippen LogP contribution in [0.3, 0.4) is 0 Å². The number of carboxylic acids is 1. The lowest BCUT2D eigenvalue weighted by Gasteiger charge is -2.29. The van der Waals surface area contributed by atoms with Crippen molar-refractivity contribution in [1.82, 2.24) is 5.32 Å². The van der Waals surface area contributed by atoms with Crippen molar-refractivity contribution in [2.75, 3.05) is 11.9 Å². The minimum Gasteiger partial charge on any atom is -0.478 e. The van der Waals surface area contributed by atoms with Gasteiger partial charge >= 0.3 is 18.2 Å². The van der Waals surface area contributed by atoms with Gasteiger partial charge < -0.3 is 20.5 Å². The molecular weight excluding hydrogens is 675 g/mol. The van der Waals surface area contributed by atoms with Crippen LogP contribution in [-0.4, -0.2) is 52.9 Å². The first kappa shape index (κ1) is 38.2. The van der Waals surface area contributed by atoms with Crippen molar-refractivity contribution in [3.05, 3.63) is 82.9 Å². The van der Waals surface area contributed by atoms with Crippen LogP contribution in [0.5, 0.6) is 0 Å². The Bertz CT molecular complexity index is 1860. The molecule has 1 aliphatic carbocycles. The highest BCUT2D eigenvalue weighted by Crippen LogP contribution is 2.36. The number of ether oxygens (including phenoxy) is 1. The molecule has 0 bridgehead atoms. The van der Waals surface area contributed by atoms with Crippen LogP contribution in [0.15, 0.2) is 65.7 Å². The highest BCUT2D eigenvalue weighted by atomic mass is 19.4. The molecule has 2 aliphatic rings. The molecule has 1 aliphatic heterocycles. The van der Waals surface area contributed by atoms with Gasteiger partial charge in [-0.25, -0.2) is 14.6 Å². The van der Waals surface area contributed by atoms with Gasteiger partial charge in [0, 0.05) is 36.9 Å². The van der Waals surface area contributed by atoms with Gasteiger partial charge in [0.1, 0.15) is 17.1 Å². The summed E-state index contributed by atoms with van der Waals surface area (Å²) in [6, 6.07) is 16.9. The molecule has 0 unspecified atom stereocenters. The average Bonchev–Trinajstić information content (AvgIpc) is 3.51. The summed E-state index contributed by atoms with van der Waals surface area (Å²) in [4.78, 5) is 54.7. The van der Waals surface area contributed by atoms with E-state index in [1.54, 1.807) is 45.0 Å². The molecule has 0 spiro atoms. The molecule has 52 heavy (non-hydrogen) atoms. The number of carbonyl (C=O) groups excluding carboxylic acids is 3. The van der Waals surface area contributed by atoms with E-state index in [4.69, 9.17) is 4.74 Å². The van der Waals surface area contributed by atoms with E-state index in [9.17, 15) is 37.5 Å². The monoisotopic (exact) mass is 719 g/mol. The van der Waals surface area contributed by atoms with Gasteiger partial charge in [-0.15, -0.1) is 0 Å². The number of nitrogens with one attached hydrogen (secondary N) is 2. The van der Waals surface area contributed by atoms with E-state index in [2.05, 4.69) is 15.6 Å². The molecule has 3 aromatic rings. The van der Waals surface area contributed by atoms with Crippen molar-refractivity contribution in [3.63, 3.8) is 0 Å². The molecule has 276 valence electrons. The lowest BCUT2D eigenvalue weighted by molar-refractivity contribution is -0.129. The number of halogens is 3. The molecule has 2 amide bonds. The number of aromatic carboxylic acids is 1. The second-order valence-corrected chi connectivity index (χ2v) is 14.8. The molecule has 1 saturated carbocycles. The van der Waals surface area contributed by atoms with Crippen LogP contribution >= 0.6 is 0 Å². The fourth-order valence-corrected chi connectivity index (χ4v) is 6.79. The molecule has 0 aromatic heterocycles. The Balaban J connectivity index is 1.28. The number of amides is 2. The Morgan fingerprint density at radius 3 is 2.25 bits per heavy atom. The van der Waals surface area contributed by atoms with E-state index in [0.29, 0.717) is 30.6 Å². The highest BCUT2D eigenvalue weighted by molar-refractivity contribution is 6.00. The van der Waals surface area contributed by atoms with Crippen LogP contribution < -0.4 is 10.6 Å². The van der Waals surface area contributed by atoms with Crippen LogP contribution in [0, 0.1) is 24.7 Å². The first-order valence-electron chi connectivity index (χ1n) is 17.5. The molecule has 1 heterocycles. The van der Waals surface area contributed by atoms with E-state index in [-0.39, 0.29) is 48.1 Å². The summed E-state index contributed by atoms with van der Waals surface area (Å²) >= 11 is 0. The number of fused-ring (bicyclic) bond motifs is 1. The number of alkyl carbamates (subject to hydrolysis) is 1. The van der Waals surface area contributed by atoms with Crippen molar-refractivity contribution in [1.29, 1.82) is 0 Å². The lowest BCUT2D eigenvalue weighted by Crippen LogP contribution is -2.37. The fraction of sp³-hybridized carbons (Fsp3) is 0.425. The average molecular weight is 720 g/mol. The topological polar surface area (TPSA) is 134 Å². The van der Waals surface area contributed by atoms with Crippen LogP contribution in [0.4, 0.5) is 29.3 Å². The Kier molecular flexibility index (Phi) is 11.6. The molecule has 3 aromatic carbocycles. The summed E-state index contributed by atoms with van der Waals surface area (Å²) in [6.45, 7) is 7.68. The quantitative estimate of drug-likeness (QED) is 0.182.